The molecule has 0 saturated heterocycles. The molecule has 0 aromatic rings. The Morgan fingerprint density at radius 1 is 1.36 bits per heavy atom. The van der Waals surface area contributed by atoms with Crippen LogP contribution in [0.15, 0.2) is 11.8 Å². The zero-order valence-electron chi connectivity index (χ0n) is 8.62. The lowest BCUT2D eigenvalue weighted by Crippen LogP contribution is -2.47. The maximum absolute atomic E-state index is 11.6. The largest absolute Gasteiger partial charge is 0.383 e. The molecule has 0 amide bonds. The van der Waals surface area contributed by atoms with E-state index in [0.717, 1.165) is 18.4 Å². The van der Waals surface area contributed by atoms with Gasteiger partial charge in [-0.2, -0.15) is 0 Å². The van der Waals surface area contributed by atoms with Crippen LogP contribution in [-0.4, -0.2) is 30.6 Å². The SMILES string of the molecule is CN(C)/C=C1\C(=O)C2CCCC(=O)C12. The quantitative estimate of drug-likeness (QED) is 0.583. The van der Waals surface area contributed by atoms with Crippen LogP contribution in [-0.2, 0) is 9.59 Å². The van der Waals surface area contributed by atoms with Crippen molar-refractivity contribution in [3.05, 3.63) is 11.8 Å². The van der Waals surface area contributed by atoms with E-state index in [1.54, 1.807) is 6.20 Å². The molecule has 76 valence electrons. The van der Waals surface area contributed by atoms with Crippen molar-refractivity contribution in [1.82, 2.24) is 4.90 Å². The van der Waals surface area contributed by atoms with E-state index in [2.05, 4.69) is 0 Å². The van der Waals surface area contributed by atoms with E-state index >= 15 is 0 Å². The van der Waals surface area contributed by atoms with Crippen LogP contribution >= 0.6 is 0 Å². The van der Waals surface area contributed by atoms with Gasteiger partial charge in [0.1, 0.15) is 5.78 Å². The number of carbonyl (C=O) groups excluding carboxylic acids is 2. The van der Waals surface area contributed by atoms with Gasteiger partial charge in [0.05, 0.1) is 5.92 Å². The van der Waals surface area contributed by atoms with Crippen molar-refractivity contribution < 1.29 is 9.59 Å². The van der Waals surface area contributed by atoms with Crippen LogP contribution < -0.4 is 0 Å². The van der Waals surface area contributed by atoms with E-state index in [4.69, 9.17) is 0 Å². The van der Waals surface area contributed by atoms with Gasteiger partial charge in [0.2, 0.25) is 0 Å². The highest BCUT2D eigenvalue weighted by atomic mass is 16.1. The minimum absolute atomic E-state index is 0.0162. The molecule has 0 radical (unpaired) electrons. The minimum atomic E-state index is -0.0707. The van der Waals surface area contributed by atoms with Gasteiger partial charge in [-0.05, 0) is 12.8 Å². The van der Waals surface area contributed by atoms with Gasteiger partial charge >= 0.3 is 0 Å². The Hall–Kier alpha value is -1.12. The first-order chi connectivity index (χ1) is 6.61. The third kappa shape index (κ3) is 1.27. The highest BCUT2D eigenvalue weighted by Gasteiger charge is 2.50. The molecular formula is C11H15NO2. The Morgan fingerprint density at radius 3 is 2.71 bits per heavy atom. The predicted octanol–water partition coefficient (Wildman–Crippen LogP) is 1.00. The molecule has 0 bridgehead atoms. The molecule has 2 aliphatic carbocycles. The summed E-state index contributed by atoms with van der Waals surface area (Å²) in [5, 5.41) is 0. The van der Waals surface area contributed by atoms with E-state index in [1.165, 1.54) is 0 Å². The molecule has 2 rings (SSSR count). The maximum atomic E-state index is 11.6. The van der Waals surface area contributed by atoms with E-state index in [1.807, 2.05) is 19.0 Å². The second-order valence-electron chi connectivity index (χ2n) is 4.36. The first-order valence-corrected chi connectivity index (χ1v) is 5.06. The van der Waals surface area contributed by atoms with Crippen molar-refractivity contribution in [3.63, 3.8) is 0 Å². The topological polar surface area (TPSA) is 37.4 Å². The molecule has 2 aliphatic rings. The molecule has 2 saturated carbocycles. The summed E-state index contributed by atoms with van der Waals surface area (Å²) in [4.78, 5) is 25.1. The Bertz CT molecular complexity index is 317. The molecule has 2 atom stereocenters. The number of carbonyl (C=O) groups is 2. The molecule has 0 aliphatic heterocycles. The molecule has 2 unspecified atom stereocenters. The second kappa shape index (κ2) is 3.23. The number of nitrogens with zero attached hydrogens (tertiary/aromatic N) is 1. The summed E-state index contributed by atoms with van der Waals surface area (Å²) in [5.41, 5.74) is 0.727. The lowest BCUT2D eigenvalue weighted by molar-refractivity contribution is -0.139. The standard InChI is InChI=1S/C11H15NO2/c1-12(2)6-8-10-7(11(8)14)4-3-5-9(10)13/h6-7,10H,3-5H2,1-2H3/b8-6-. The number of allylic oxidation sites excluding steroid dienone is 1. The van der Waals surface area contributed by atoms with Gasteiger partial charge in [0.25, 0.3) is 0 Å². The molecule has 3 nitrogen and oxygen atoms in total. The number of hydrogen-bond donors (Lipinski definition) is 0. The molecule has 0 aromatic heterocycles. The summed E-state index contributed by atoms with van der Waals surface area (Å²) >= 11 is 0. The third-order valence-electron chi connectivity index (χ3n) is 3.04. The van der Waals surface area contributed by atoms with Crippen LogP contribution in [0.1, 0.15) is 19.3 Å². The number of hydrogen-bond acceptors (Lipinski definition) is 3. The lowest BCUT2D eigenvalue weighted by atomic mass is 9.61. The monoisotopic (exact) mass is 193 g/mol. The maximum Gasteiger partial charge on any atom is 0.165 e. The van der Waals surface area contributed by atoms with E-state index in [0.29, 0.717) is 6.42 Å². The number of rotatable bonds is 1. The highest BCUT2D eigenvalue weighted by Crippen LogP contribution is 2.44. The van der Waals surface area contributed by atoms with Gasteiger partial charge in [-0.3, -0.25) is 9.59 Å². The van der Waals surface area contributed by atoms with Crippen LogP contribution in [0.5, 0.6) is 0 Å². The smallest absolute Gasteiger partial charge is 0.165 e. The third-order valence-corrected chi connectivity index (χ3v) is 3.04. The number of Topliss-reactive ketones (excluding diaryl/α,β-unsaturated/α-hetero) is 2. The van der Waals surface area contributed by atoms with Crippen molar-refractivity contribution in [1.29, 1.82) is 0 Å². The molecule has 2 fully saturated rings. The summed E-state index contributed by atoms with van der Waals surface area (Å²) in [6, 6.07) is 0. The van der Waals surface area contributed by atoms with Crippen molar-refractivity contribution in [2.45, 2.75) is 19.3 Å². The summed E-state index contributed by atoms with van der Waals surface area (Å²) in [6.07, 6.45) is 4.24. The fourth-order valence-corrected chi connectivity index (χ4v) is 2.41. The first-order valence-electron chi connectivity index (χ1n) is 5.06. The Balaban J connectivity index is 2.22. The van der Waals surface area contributed by atoms with E-state index in [9.17, 15) is 9.59 Å². The second-order valence-corrected chi connectivity index (χ2v) is 4.36. The van der Waals surface area contributed by atoms with Crippen molar-refractivity contribution in [2.24, 2.45) is 11.8 Å². The zero-order valence-corrected chi connectivity index (χ0v) is 8.62. The number of fused-ring (bicyclic) bond motifs is 1. The molecule has 0 N–H and O–H groups in total. The van der Waals surface area contributed by atoms with Crippen LogP contribution in [0.2, 0.25) is 0 Å². The van der Waals surface area contributed by atoms with Gasteiger partial charge < -0.3 is 4.90 Å². The molecule has 3 heteroatoms. The molecule has 14 heavy (non-hydrogen) atoms. The lowest BCUT2D eigenvalue weighted by Gasteiger charge is -2.40. The summed E-state index contributed by atoms with van der Waals surface area (Å²) in [5.74, 6) is 0.395. The average molecular weight is 193 g/mol. The molecular weight excluding hydrogens is 178 g/mol. The van der Waals surface area contributed by atoms with Gasteiger partial charge in [-0.25, -0.2) is 0 Å². The average Bonchev–Trinajstić information content (AvgIpc) is 2.14. The summed E-state index contributed by atoms with van der Waals surface area (Å²) in [7, 11) is 3.75. The van der Waals surface area contributed by atoms with Gasteiger partial charge in [-0.15, -0.1) is 0 Å². The van der Waals surface area contributed by atoms with E-state index < -0.39 is 0 Å². The molecule has 0 spiro atoms. The van der Waals surface area contributed by atoms with Crippen molar-refractivity contribution in [3.8, 4) is 0 Å². The summed E-state index contributed by atoms with van der Waals surface area (Å²) < 4.78 is 0. The molecule has 0 heterocycles. The van der Waals surface area contributed by atoms with Crippen LogP contribution in [0.3, 0.4) is 0 Å². The summed E-state index contributed by atoms with van der Waals surface area (Å²) in [6.45, 7) is 0. The first kappa shape index (κ1) is 9.44. The number of ketones is 2. The van der Waals surface area contributed by atoms with Gasteiger partial charge in [0.15, 0.2) is 5.78 Å². The Morgan fingerprint density at radius 2 is 2.07 bits per heavy atom. The zero-order chi connectivity index (χ0) is 10.3. The van der Waals surface area contributed by atoms with Crippen LogP contribution in [0.4, 0.5) is 0 Å². The Kier molecular flexibility index (Phi) is 2.17. The van der Waals surface area contributed by atoms with Crippen LogP contribution in [0.25, 0.3) is 0 Å². The highest BCUT2D eigenvalue weighted by molar-refractivity contribution is 6.13. The van der Waals surface area contributed by atoms with Crippen molar-refractivity contribution >= 4 is 11.6 Å². The molecule has 0 aromatic carbocycles. The van der Waals surface area contributed by atoms with Gasteiger partial charge in [0, 0.05) is 38.2 Å². The van der Waals surface area contributed by atoms with E-state index in [-0.39, 0.29) is 23.4 Å². The minimum Gasteiger partial charge on any atom is -0.383 e. The van der Waals surface area contributed by atoms with Crippen LogP contribution in [0, 0.1) is 11.8 Å². The Labute approximate surface area is 83.8 Å². The normalized spacial score (nSPS) is 34.0. The fourth-order valence-electron chi connectivity index (χ4n) is 2.41. The van der Waals surface area contributed by atoms with Gasteiger partial charge in [-0.1, -0.05) is 0 Å². The predicted molar refractivity (Wildman–Crippen MR) is 52.6 cm³/mol. The fraction of sp³-hybridized carbons (Fsp3) is 0.636. The van der Waals surface area contributed by atoms with Crippen molar-refractivity contribution in [2.75, 3.05) is 14.1 Å².